The zero-order valence-electron chi connectivity index (χ0n) is 8.30. The van der Waals surface area contributed by atoms with Crippen LogP contribution < -0.4 is 10.4 Å². The fraction of sp³-hybridized carbons (Fsp3) is 0.0833. The number of carbonyl (C=O) groups is 1. The highest BCUT2D eigenvalue weighted by molar-refractivity contribution is 5.93. The van der Waals surface area contributed by atoms with E-state index in [1.807, 2.05) is 0 Å². The number of fused-ring (bicyclic) bond motifs is 1. The molecule has 0 bridgehead atoms. The Morgan fingerprint density at radius 2 is 1.81 bits per heavy atom. The van der Waals surface area contributed by atoms with Crippen molar-refractivity contribution in [2.75, 3.05) is 0 Å². The molecule has 2 rings (SSSR count). The van der Waals surface area contributed by atoms with Gasteiger partial charge in [0.2, 0.25) is 0 Å². The Balaban J connectivity index is 2.48. The molecule has 0 aliphatic rings. The molecule has 82 valence electrons. The molecule has 0 unspecified atom stereocenters. The molecule has 4 heteroatoms. The van der Waals surface area contributed by atoms with Crippen molar-refractivity contribution in [2.45, 2.75) is 6.61 Å². The number of carboxylic acids is 1. The maximum atomic E-state index is 10.6. The second-order valence-corrected chi connectivity index (χ2v) is 3.45. The van der Waals surface area contributed by atoms with Crippen LogP contribution in [0.5, 0.6) is 0 Å². The molecule has 0 aliphatic heterocycles. The van der Waals surface area contributed by atoms with Crippen LogP contribution in [0.15, 0.2) is 36.4 Å². The summed E-state index contributed by atoms with van der Waals surface area (Å²) >= 11 is 0. The van der Waals surface area contributed by atoms with Crippen LogP contribution in [0.3, 0.4) is 0 Å². The van der Waals surface area contributed by atoms with Crippen LogP contribution in [0.2, 0.25) is 0 Å². The third-order valence-electron chi connectivity index (χ3n) is 2.37. The standard InChI is InChI=1S/C12H10O4/c13-12(14)11-4-3-9-5-8(7-16-15)1-2-10(9)6-11/h1-6,15H,7H2,(H,13,14)/p-2. The van der Waals surface area contributed by atoms with E-state index in [4.69, 9.17) is 0 Å². The van der Waals surface area contributed by atoms with E-state index >= 15 is 0 Å². The second kappa shape index (κ2) is 4.30. The molecule has 4 nitrogen and oxygen atoms in total. The number of benzene rings is 2. The molecule has 16 heavy (non-hydrogen) atoms. The Kier molecular flexibility index (Phi) is 2.85. The van der Waals surface area contributed by atoms with Gasteiger partial charge in [0.15, 0.2) is 0 Å². The molecule has 0 aliphatic carbocycles. The van der Waals surface area contributed by atoms with Crippen molar-refractivity contribution in [3.8, 4) is 0 Å². The van der Waals surface area contributed by atoms with Crippen molar-refractivity contribution in [3.05, 3.63) is 47.5 Å². The predicted molar refractivity (Wildman–Crippen MR) is 53.1 cm³/mol. The summed E-state index contributed by atoms with van der Waals surface area (Å²) in [6.07, 6.45) is 0. The summed E-state index contributed by atoms with van der Waals surface area (Å²) in [5.41, 5.74) is 0.893. The minimum absolute atomic E-state index is 0.00181. The maximum Gasteiger partial charge on any atom is 0.0715 e. The highest BCUT2D eigenvalue weighted by atomic mass is 17.1. The predicted octanol–water partition coefficient (Wildman–Crippen LogP) is -0.00480. The first-order chi connectivity index (χ1) is 7.70. The van der Waals surface area contributed by atoms with Gasteiger partial charge in [0.05, 0.1) is 12.6 Å². The molecule has 0 fully saturated rings. The van der Waals surface area contributed by atoms with E-state index in [1.54, 1.807) is 24.3 Å². The smallest absolute Gasteiger partial charge is 0.0715 e. The van der Waals surface area contributed by atoms with Gasteiger partial charge in [0.25, 0.3) is 0 Å². The molecule has 2 aromatic rings. The van der Waals surface area contributed by atoms with Crippen LogP contribution in [0.1, 0.15) is 15.9 Å². The quantitative estimate of drug-likeness (QED) is 0.534. The van der Waals surface area contributed by atoms with Crippen molar-refractivity contribution in [1.29, 1.82) is 0 Å². The summed E-state index contributed by atoms with van der Waals surface area (Å²) in [5, 5.41) is 22.3. The van der Waals surface area contributed by atoms with Crippen molar-refractivity contribution in [2.24, 2.45) is 0 Å². The molecule has 0 atom stereocenters. The van der Waals surface area contributed by atoms with Gasteiger partial charge in [-0.15, -0.1) is 0 Å². The van der Waals surface area contributed by atoms with E-state index in [0.717, 1.165) is 16.3 Å². The normalized spacial score (nSPS) is 10.6. The lowest BCUT2D eigenvalue weighted by Gasteiger charge is -2.08. The highest BCUT2D eigenvalue weighted by Gasteiger charge is 1.98. The fourth-order valence-corrected chi connectivity index (χ4v) is 1.58. The average Bonchev–Trinajstić information content (AvgIpc) is 2.28. The molecular weight excluding hydrogens is 208 g/mol. The lowest BCUT2D eigenvalue weighted by Crippen LogP contribution is -2.21. The van der Waals surface area contributed by atoms with Gasteiger partial charge in [-0.1, -0.05) is 24.3 Å². The van der Waals surface area contributed by atoms with Gasteiger partial charge in [0, 0.05) is 0 Å². The Bertz CT molecular complexity index is 534. The molecule has 0 spiro atoms. The minimum Gasteiger partial charge on any atom is -0.723 e. The van der Waals surface area contributed by atoms with E-state index < -0.39 is 5.97 Å². The molecular formula is C12H8O4-2. The average molecular weight is 216 g/mol. The molecule has 0 saturated heterocycles. The first-order valence-corrected chi connectivity index (χ1v) is 4.69. The zero-order valence-corrected chi connectivity index (χ0v) is 8.30. The monoisotopic (exact) mass is 216 g/mol. The van der Waals surface area contributed by atoms with Crippen LogP contribution in [0, 0.1) is 0 Å². The summed E-state index contributed by atoms with van der Waals surface area (Å²) in [7, 11) is 0. The Morgan fingerprint density at radius 3 is 2.50 bits per heavy atom. The van der Waals surface area contributed by atoms with E-state index in [0.29, 0.717) is 0 Å². The van der Waals surface area contributed by atoms with Gasteiger partial charge in [-0.3, -0.25) is 0 Å². The number of rotatable bonds is 3. The van der Waals surface area contributed by atoms with E-state index in [2.05, 4.69) is 4.89 Å². The molecule has 0 saturated carbocycles. The number of hydrogen-bond acceptors (Lipinski definition) is 4. The summed E-state index contributed by atoms with van der Waals surface area (Å²) in [6, 6.07) is 9.93. The number of carbonyl (C=O) groups excluding carboxylic acids is 1. The van der Waals surface area contributed by atoms with Crippen LogP contribution in [-0.4, -0.2) is 5.97 Å². The third kappa shape index (κ3) is 2.03. The third-order valence-corrected chi connectivity index (χ3v) is 2.37. The fourth-order valence-electron chi connectivity index (χ4n) is 1.58. The number of hydrogen-bond donors (Lipinski definition) is 0. The Morgan fingerprint density at radius 1 is 1.12 bits per heavy atom. The molecule has 2 aromatic carbocycles. The van der Waals surface area contributed by atoms with E-state index in [-0.39, 0.29) is 12.2 Å². The summed E-state index contributed by atoms with van der Waals surface area (Å²) in [5.74, 6) is -1.20. The van der Waals surface area contributed by atoms with Crippen molar-refractivity contribution < 1.29 is 20.0 Å². The molecule has 0 N–H and O–H groups in total. The zero-order chi connectivity index (χ0) is 11.5. The first-order valence-electron chi connectivity index (χ1n) is 4.69. The van der Waals surface area contributed by atoms with E-state index in [1.165, 1.54) is 12.1 Å². The van der Waals surface area contributed by atoms with Gasteiger partial charge in [-0.25, -0.2) is 0 Å². The van der Waals surface area contributed by atoms with Gasteiger partial charge in [-0.2, -0.15) is 0 Å². The minimum atomic E-state index is -1.20. The lowest BCUT2D eigenvalue weighted by molar-refractivity contribution is -0.695. The lowest BCUT2D eigenvalue weighted by atomic mass is 10.0. The number of carboxylic acid groups (broad SMARTS) is 1. The van der Waals surface area contributed by atoms with Crippen LogP contribution in [0.25, 0.3) is 10.8 Å². The van der Waals surface area contributed by atoms with Gasteiger partial charge < -0.3 is 20.0 Å². The number of aromatic carboxylic acids is 1. The van der Waals surface area contributed by atoms with Crippen molar-refractivity contribution in [3.63, 3.8) is 0 Å². The molecule has 0 radical (unpaired) electrons. The SMILES string of the molecule is O=C([O-])c1ccc2cc(CO[O-])ccc2c1. The van der Waals surface area contributed by atoms with Gasteiger partial charge in [0.1, 0.15) is 0 Å². The molecule has 0 amide bonds. The van der Waals surface area contributed by atoms with Gasteiger partial charge in [-0.05, 0) is 34.0 Å². The van der Waals surface area contributed by atoms with Gasteiger partial charge >= 0.3 is 0 Å². The Hall–Kier alpha value is -1.91. The molecule has 0 heterocycles. The molecule has 0 aromatic heterocycles. The van der Waals surface area contributed by atoms with Crippen LogP contribution in [-0.2, 0) is 11.5 Å². The van der Waals surface area contributed by atoms with Crippen molar-refractivity contribution >= 4 is 16.7 Å². The largest absolute Gasteiger partial charge is 0.723 e. The summed E-state index contributed by atoms with van der Waals surface area (Å²) < 4.78 is 0. The van der Waals surface area contributed by atoms with Crippen LogP contribution in [0.4, 0.5) is 0 Å². The first kappa shape index (κ1) is 10.6. The second-order valence-electron chi connectivity index (χ2n) is 3.45. The van der Waals surface area contributed by atoms with E-state index in [9.17, 15) is 15.2 Å². The van der Waals surface area contributed by atoms with Crippen LogP contribution >= 0.6 is 0 Å². The Labute approximate surface area is 91.6 Å². The summed E-state index contributed by atoms with van der Waals surface area (Å²) in [6.45, 7) is -0.00181. The highest BCUT2D eigenvalue weighted by Crippen LogP contribution is 2.18. The maximum absolute atomic E-state index is 10.6. The van der Waals surface area contributed by atoms with Crippen molar-refractivity contribution in [1.82, 2.24) is 0 Å². The topological polar surface area (TPSA) is 72.4 Å². The summed E-state index contributed by atoms with van der Waals surface area (Å²) in [4.78, 5) is 14.4.